The van der Waals surface area contributed by atoms with Crippen molar-refractivity contribution in [2.45, 2.75) is 82.7 Å². The summed E-state index contributed by atoms with van der Waals surface area (Å²) in [5.74, 6) is -1.28. The molecule has 2 aromatic rings. The lowest BCUT2D eigenvalue weighted by Crippen LogP contribution is -2.63. The molecule has 3 N–H and O–H groups in total. The van der Waals surface area contributed by atoms with Crippen molar-refractivity contribution >= 4 is 52.7 Å². The van der Waals surface area contributed by atoms with Crippen LogP contribution in [-0.2, 0) is 30.2 Å². The number of carbonyl (C=O) groups is 3. The van der Waals surface area contributed by atoms with Gasteiger partial charge in [-0.2, -0.15) is 0 Å². The third-order valence-corrected chi connectivity index (χ3v) is 10.4. The molecule has 3 aliphatic rings. The van der Waals surface area contributed by atoms with Gasteiger partial charge in [-0.3, -0.25) is 15.4 Å². The maximum atomic E-state index is 14.4. The SMILES string of the molecule is COc1cc2cc(c1Cl)N(C)C(=O)C[C@H](OC(=O)Nc1cc(F)c(C)cc1Cl)[C@]1(C)O[C@H]1[C@H](C)[C@@H]1C[C@@](O)(NC(=O)O1)[C@H](OC)/C=C/C=C(\C)C2. The van der Waals surface area contributed by atoms with Gasteiger partial charge in [0.25, 0.3) is 0 Å². The van der Waals surface area contributed by atoms with Crippen LogP contribution in [0.5, 0.6) is 5.75 Å². The number of halogens is 3. The van der Waals surface area contributed by atoms with Crippen LogP contribution in [0.25, 0.3) is 0 Å². The van der Waals surface area contributed by atoms with Crippen LogP contribution in [0.1, 0.15) is 44.7 Å². The quantitative estimate of drug-likeness (QED) is 0.299. The van der Waals surface area contributed by atoms with E-state index in [1.54, 1.807) is 45.2 Å². The Kier molecular flexibility index (Phi) is 11.3. The molecule has 15 heteroatoms. The number of carbonyl (C=O) groups excluding carboxylic acids is 3. The highest BCUT2D eigenvalue weighted by atomic mass is 35.5. The van der Waals surface area contributed by atoms with Gasteiger partial charge in [-0.15, -0.1) is 0 Å². The van der Waals surface area contributed by atoms with Crippen LogP contribution in [0.3, 0.4) is 0 Å². The molecular weight excluding hydrogens is 708 g/mol. The second-order valence-corrected chi connectivity index (χ2v) is 14.2. The van der Waals surface area contributed by atoms with Crippen molar-refractivity contribution in [1.29, 1.82) is 0 Å². The molecule has 0 aromatic heterocycles. The number of hydrogen-bond donors (Lipinski definition) is 3. The van der Waals surface area contributed by atoms with Crippen molar-refractivity contribution < 1.29 is 47.6 Å². The molecule has 3 aliphatic heterocycles. The third kappa shape index (κ3) is 8.12. The Bertz CT molecular complexity index is 1770. The topological polar surface area (TPSA) is 148 Å². The molecule has 12 nitrogen and oxygen atoms in total. The number of aliphatic hydroxyl groups is 1. The predicted molar refractivity (Wildman–Crippen MR) is 189 cm³/mol. The van der Waals surface area contributed by atoms with Crippen molar-refractivity contribution in [1.82, 2.24) is 5.32 Å². The summed E-state index contributed by atoms with van der Waals surface area (Å²) < 4.78 is 43.2. The monoisotopic (exact) mass is 749 g/mol. The van der Waals surface area contributed by atoms with Crippen molar-refractivity contribution in [2.24, 2.45) is 5.92 Å². The van der Waals surface area contributed by atoms with Crippen LogP contribution in [-0.4, -0.2) is 80.2 Å². The van der Waals surface area contributed by atoms with E-state index in [2.05, 4.69) is 10.6 Å². The van der Waals surface area contributed by atoms with Crippen molar-refractivity contribution in [3.05, 3.63) is 75.1 Å². The Morgan fingerprint density at radius 3 is 2.59 bits per heavy atom. The summed E-state index contributed by atoms with van der Waals surface area (Å²) in [5.41, 5.74) is -0.790. The van der Waals surface area contributed by atoms with Gasteiger partial charge < -0.3 is 33.7 Å². The molecule has 0 saturated carbocycles. The maximum Gasteiger partial charge on any atom is 0.412 e. The van der Waals surface area contributed by atoms with Gasteiger partial charge in [-0.05, 0) is 62.6 Å². The van der Waals surface area contributed by atoms with E-state index in [1.165, 1.54) is 32.1 Å². The molecule has 2 fully saturated rings. The highest BCUT2D eigenvalue weighted by Crippen LogP contribution is 2.49. The smallest absolute Gasteiger partial charge is 0.412 e. The van der Waals surface area contributed by atoms with Crippen LogP contribution in [0.4, 0.5) is 25.4 Å². The fourth-order valence-corrected chi connectivity index (χ4v) is 7.19. The zero-order valence-electron chi connectivity index (χ0n) is 29.3. The van der Waals surface area contributed by atoms with Gasteiger partial charge in [0.2, 0.25) is 5.91 Å². The number of epoxide rings is 1. The van der Waals surface area contributed by atoms with Gasteiger partial charge >= 0.3 is 12.2 Å². The fourth-order valence-electron chi connectivity index (χ4n) is 6.62. The normalized spacial score (nSPS) is 31.3. The van der Waals surface area contributed by atoms with Crippen LogP contribution >= 0.6 is 23.2 Å². The minimum Gasteiger partial charge on any atom is -0.495 e. The molecule has 51 heavy (non-hydrogen) atoms. The van der Waals surface area contributed by atoms with Crippen molar-refractivity contribution in [2.75, 3.05) is 31.5 Å². The summed E-state index contributed by atoms with van der Waals surface area (Å²) in [6.45, 7) is 6.87. The molecule has 2 saturated heterocycles. The molecule has 2 aromatic carbocycles. The van der Waals surface area contributed by atoms with Crippen LogP contribution in [0.15, 0.2) is 48.1 Å². The molecule has 3 heterocycles. The first-order valence-corrected chi connectivity index (χ1v) is 17.1. The second kappa shape index (κ2) is 15.0. The van der Waals surface area contributed by atoms with E-state index in [9.17, 15) is 23.9 Å². The number of alkyl carbamates (subject to hydrolysis) is 1. The molecule has 5 rings (SSSR count). The fraction of sp³-hybridized carbons (Fsp3) is 0.472. The Hall–Kier alpha value is -3.88. The lowest BCUT2D eigenvalue weighted by atomic mass is 9.83. The molecule has 4 bridgehead atoms. The van der Waals surface area contributed by atoms with Gasteiger partial charge in [0, 0.05) is 26.5 Å². The average Bonchev–Trinajstić information content (AvgIpc) is 3.76. The van der Waals surface area contributed by atoms with Gasteiger partial charge in [-0.25, -0.2) is 14.0 Å². The van der Waals surface area contributed by atoms with Gasteiger partial charge in [-0.1, -0.05) is 53.9 Å². The van der Waals surface area contributed by atoms with Crippen LogP contribution in [0.2, 0.25) is 10.0 Å². The summed E-state index contributed by atoms with van der Waals surface area (Å²) in [6.07, 6.45) is -0.389. The zero-order chi connectivity index (χ0) is 37.4. The Balaban J connectivity index is 1.54. The van der Waals surface area contributed by atoms with Crippen LogP contribution < -0.4 is 20.3 Å². The van der Waals surface area contributed by atoms with E-state index in [0.717, 1.165) is 17.2 Å². The number of hydrogen-bond acceptors (Lipinski definition) is 9. The number of ether oxygens (including phenoxy) is 5. The number of benzene rings is 2. The first kappa shape index (κ1) is 38.4. The highest BCUT2D eigenvalue weighted by Gasteiger charge is 2.64. The molecule has 276 valence electrons. The third-order valence-electron chi connectivity index (χ3n) is 9.68. The molecular formula is C36H42Cl2FN3O9. The average molecular weight is 751 g/mol. The summed E-state index contributed by atoms with van der Waals surface area (Å²) in [7, 11) is 4.43. The van der Waals surface area contributed by atoms with Crippen molar-refractivity contribution in [3.63, 3.8) is 0 Å². The largest absolute Gasteiger partial charge is 0.495 e. The van der Waals surface area contributed by atoms with Crippen LogP contribution in [0, 0.1) is 18.7 Å². The minimum atomic E-state index is -1.84. The number of nitrogens with zero attached hydrogens (tertiary/aromatic N) is 1. The zero-order valence-corrected chi connectivity index (χ0v) is 30.9. The first-order valence-electron chi connectivity index (χ1n) is 16.3. The minimum absolute atomic E-state index is 0.0289. The highest BCUT2D eigenvalue weighted by molar-refractivity contribution is 6.35. The molecule has 7 atom stereocenters. The Labute approximate surface area is 305 Å². The van der Waals surface area contributed by atoms with E-state index in [0.29, 0.717) is 17.9 Å². The Morgan fingerprint density at radius 2 is 1.90 bits per heavy atom. The number of methoxy groups -OCH3 is 2. The van der Waals surface area contributed by atoms with E-state index in [-0.39, 0.29) is 34.1 Å². The molecule has 0 aliphatic carbocycles. The number of amides is 3. The van der Waals surface area contributed by atoms with Gasteiger partial charge in [0.05, 0.1) is 36.0 Å². The number of aryl methyl sites for hydroxylation is 1. The van der Waals surface area contributed by atoms with E-state index < -0.39 is 65.6 Å². The molecule has 0 unspecified atom stereocenters. The lowest BCUT2D eigenvalue weighted by Gasteiger charge is -2.42. The summed E-state index contributed by atoms with van der Waals surface area (Å²) >= 11 is 13.0. The van der Waals surface area contributed by atoms with E-state index >= 15 is 0 Å². The van der Waals surface area contributed by atoms with Gasteiger partial charge in [0.15, 0.2) is 5.72 Å². The predicted octanol–water partition coefficient (Wildman–Crippen LogP) is 6.47. The van der Waals surface area contributed by atoms with E-state index in [1.807, 2.05) is 13.0 Å². The first-order chi connectivity index (χ1) is 24.0. The Morgan fingerprint density at radius 1 is 1.18 bits per heavy atom. The maximum absolute atomic E-state index is 14.4. The standard InChI is InChI=1S/C36H42Cl2FN3O9/c1-18-9-8-10-28(48-7)36(46)17-27(49-34(45)41-36)20(3)32-35(4,51-32)29(50-33(44)40-24-15-23(39)19(2)12-22(24)37)16-30(43)42(5)25-13-21(11-18)14-26(47-6)31(25)38/h8-10,12-15,20,27-29,32,46H,11,16-17H2,1-7H3,(H,40,44)(H,41,45)/b10-8+,18-9+/t20-,27+,28-,29+,32+,35+,36+/m1/s1. The molecule has 0 radical (unpaired) electrons. The molecule has 3 amide bonds. The second-order valence-electron chi connectivity index (χ2n) is 13.4. The molecule has 0 spiro atoms. The lowest BCUT2D eigenvalue weighted by molar-refractivity contribution is -0.142. The number of allylic oxidation sites excluding steroid dienone is 3. The summed E-state index contributed by atoms with van der Waals surface area (Å²) in [4.78, 5) is 41.5. The number of anilines is 2. The number of fused-ring (bicyclic) bond motifs is 5. The van der Waals surface area contributed by atoms with Crippen molar-refractivity contribution in [3.8, 4) is 5.75 Å². The van der Waals surface area contributed by atoms with Gasteiger partial charge in [0.1, 0.15) is 40.5 Å². The number of nitrogens with one attached hydrogen (secondary N) is 2. The summed E-state index contributed by atoms with van der Waals surface area (Å²) in [6, 6.07) is 5.97. The number of rotatable bonds is 4. The summed E-state index contributed by atoms with van der Waals surface area (Å²) in [5, 5.41) is 16.9. The van der Waals surface area contributed by atoms with E-state index in [4.69, 9.17) is 46.9 Å².